The maximum atomic E-state index is 11.9. The molecule has 1 aromatic heterocycles. The Morgan fingerprint density at radius 2 is 2.17 bits per heavy atom. The molecule has 0 spiro atoms. The second-order valence-corrected chi connectivity index (χ2v) is 6.77. The third-order valence-electron chi connectivity index (χ3n) is 4.84. The van der Waals surface area contributed by atoms with E-state index in [4.69, 9.17) is 4.74 Å². The summed E-state index contributed by atoms with van der Waals surface area (Å²) in [5, 5.41) is 2.97. The monoisotopic (exact) mass is 332 g/mol. The summed E-state index contributed by atoms with van der Waals surface area (Å²) in [5.74, 6) is 1.12. The van der Waals surface area contributed by atoms with Crippen LogP contribution in [-0.2, 0) is 16.1 Å². The lowest BCUT2D eigenvalue weighted by atomic mass is 10.1. The first-order valence-corrected chi connectivity index (χ1v) is 8.97. The molecule has 1 aromatic rings. The fourth-order valence-corrected chi connectivity index (χ4v) is 3.20. The lowest BCUT2D eigenvalue weighted by Gasteiger charge is -2.33. The van der Waals surface area contributed by atoms with Crippen LogP contribution in [-0.4, -0.2) is 61.7 Å². The van der Waals surface area contributed by atoms with E-state index in [-0.39, 0.29) is 12.0 Å². The molecule has 6 heteroatoms. The van der Waals surface area contributed by atoms with Gasteiger partial charge in [0.15, 0.2) is 0 Å². The number of hydrogen-bond acceptors (Lipinski definition) is 5. The quantitative estimate of drug-likeness (QED) is 0.853. The number of nitrogens with zero attached hydrogens (tertiary/aromatic N) is 3. The van der Waals surface area contributed by atoms with Gasteiger partial charge in [-0.25, -0.2) is 4.98 Å². The molecule has 0 unspecified atom stereocenters. The number of ether oxygens (including phenoxy) is 1. The summed E-state index contributed by atoms with van der Waals surface area (Å²) in [6.45, 7) is 5.57. The average molecular weight is 332 g/mol. The number of nitrogens with one attached hydrogen (secondary N) is 1. The Hall–Kier alpha value is -1.66. The summed E-state index contributed by atoms with van der Waals surface area (Å²) in [6, 6.07) is 4.11. The Balaban J connectivity index is 1.40. The van der Waals surface area contributed by atoms with Crippen LogP contribution < -0.4 is 10.2 Å². The molecule has 24 heavy (non-hydrogen) atoms. The molecule has 132 valence electrons. The molecule has 1 amide bonds. The van der Waals surface area contributed by atoms with Crippen molar-refractivity contribution in [2.75, 3.05) is 44.7 Å². The van der Waals surface area contributed by atoms with Crippen LogP contribution in [0, 0.1) is 0 Å². The van der Waals surface area contributed by atoms with E-state index >= 15 is 0 Å². The van der Waals surface area contributed by atoms with Crippen molar-refractivity contribution in [2.24, 2.45) is 0 Å². The van der Waals surface area contributed by atoms with Gasteiger partial charge >= 0.3 is 0 Å². The van der Waals surface area contributed by atoms with Crippen molar-refractivity contribution < 1.29 is 9.53 Å². The first-order chi connectivity index (χ1) is 11.7. The first kappa shape index (κ1) is 17.2. The molecule has 2 aliphatic rings. The fraction of sp³-hybridized carbons (Fsp3) is 0.667. The van der Waals surface area contributed by atoms with Gasteiger partial charge in [0.1, 0.15) is 5.82 Å². The van der Waals surface area contributed by atoms with Crippen molar-refractivity contribution in [3.8, 4) is 0 Å². The molecule has 3 heterocycles. The number of anilines is 1. The third kappa shape index (κ3) is 4.92. The minimum atomic E-state index is 0.0913. The van der Waals surface area contributed by atoms with Gasteiger partial charge in [0.05, 0.1) is 6.10 Å². The topological polar surface area (TPSA) is 57.7 Å². The number of likely N-dealkylation sites (N-methyl/N-ethyl adjacent to an activating group) is 1. The van der Waals surface area contributed by atoms with Gasteiger partial charge in [0, 0.05) is 51.9 Å². The predicted molar refractivity (Wildman–Crippen MR) is 94.0 cm³/mol. The molecule has 2 saturated heterocycles. The number of carbonyl (C=O) groups is 1. The molecular formula is C18H28N4O2. The third-order valence-corrected chi connectivity index (χ3v) is 4.84. The van der Waals surface area contributed by atoms with Crippen LogP contribution in [0.4, 0.5) is 5.82 Å². The van der Waals surface area contributed by atoms with E-state index in [1.165, 1.54) is 0 Å². The van der Waals surface area contributed by atoms with Gasteiger partial charge in [-0.2, -0.15) is 0 Å². The van der Waals surface area contributed by atoms with E-state index in [1.54, 1.807) is 0 Å². The van der Waals surface area contributed by atoms with Crippen molar-refractivity contribution in [2.45, 2.75) is 38.3 Å². The Bertz CT molecular complexity index is 520. The molecule has 1 N–H and O–H groups in total. The zero-order chi connectivity index (χ0) is 16.8. The molecule has 0 aromatic carbocycles. The number of pyridine rings is 1. The summed E-state index contributed by atoms with van der Waals surface area (Å²) < 4.78 is 5.55. The maximum absolute atomic E-state index is 11.9. The summed E-state index contributed by atoms with van der Waals surface area (Å²) in [6.07, 6.45) is 5.72. The van der Waals surface area contributed by atoms with Crippen LogP contribution in [0.1, 0.15) is 31.2 Å². The van der Waals surface area contributed by atoms with Crippen LogP contribution in [0.2, 0.25) is 0 Å². The average Bonchev–Trinajstić information content (AvgIpc) is 3.13. The Kier molecular flexibility index (Phi) is 6.04. The van der Waals surface area contributed by atoms with Crippen molar-refractivity contribution in [1.29, 1.82) is 0 Å². The molecule has 6 nitrogen and oxygen atoms in total. The van der Waals surface area contributed by atoms with E-state index < -0.39 is 0 Å². The van der Waals surface area contributed by atoms with Crippen LogP contribution in [0.5, 0.6) is 0 Å². The van der Waals surface area contributed by atoms with Crippen molar-refractivity contribution in [3.05, 3.63) is 23.9 Å². The van der Waals surface area contributed by atoms with Crippen LogP contribution >= 0.6 is 0 Å². The predicted octanol–water partition coefficient (Wildman–Crippen LogP) is 1.41. The van der Waals surface area contributed by atoms with Gasteiger partial charge in [0.2, 0.25) is 5.91 Å². The number of hydrogen-bond donors (Lipinski definition) is 1. The van der Waals surface area contributed by atoms with Gasteiger partial charge in [-0.1, -0.05) is 6.07 Å². The van der Waals surface area contributed by atoms with E-state index in [2.05, 4.69) is 39.3 Å². The van der Waals surface area contributed by atoms with Crippen molar-refractivity contribution in [3.63, 3.8) is 0 Å². The van der Waals surface area contributed by atoms with Crippen molar-refractivity contribution in [1.82, 2.24) is 15.2 Å². The van der Waals surface area contributed by atoms with Crippen LogP contribution in [0.15, 0.2) is 18.3 Å². The van der Waals surface area contributed by atoms with Gasteiger partial charge in [0.25, 0.3) is 0 Å². The highest BCUT2D eigenvalue weighted by Gasteiger charge is 2.17. The summed E-state index contributed by atoms with van der Waals surface area (Å²) in [7, 11) is 2.15. The molecule has 0 saturated carbocycles. The van der Waals surface area contributed by atoms with Crippen molar-refractivity contribution >= 4 is 11.7 Å². The molecule has 0 radical (unpaired) electrons. The van der Waals surface area contributed by atoms with Gasteiger partial charge in [-0.05, 0) is 37.9 Å². The SMILES string of the molecule is CN1CCN(c2ccc(CNC(=O)CC[C@H]3CCCO3)cn2)CC1. The summed E-state index contributed by atoms with van der Waals surface area (Å²) in [5.41, 5.74) is 1.04. The van der Waals surface area contributed by atoms with E-state index in [9.17, 15) is 4.79 Å². The largest absolute Gasteiger partial charge is 0.378 e. The van der Waals surface area contributed by atoms with E-state index in [0.717, 1.165) is 63.4 Å². The molecule has 2 fully saturated rings. The maximum Gasteiger partial charge on any atom is 0.220 e. The Morgan fingerprint density at radius 3 is 2.83 bits per heavy atom. The number of amides is 1. The molecule has 3 rings (SSSR count). The first-order valence-electron chi connectivity index (χ1n) is 8.97. The van der Waals surface area contributed by atoms with Crippen LogP contribution in [0.3, 0.4) is 0 Å². The second kappa shape index (κ2) is 8.44. The fourth-order valence-electron chi connectivity index (χ4n) is 3.20. The smallest absolute Gasteiger partial charge is 0.220 e. The highest BCUT2D eigenvalue weighted by Crippen LogP contribution is 2.17. The Labute approximate surface area is 144 Å². The minimum Gasteiger partial charge on any atom is -0.378 e. The van der Waals surface area contributed by atoms with Gasteiger partial charge < -0.3 is 19.9 Å². The lowest BCUT2D eigenvalue weighted by Crippen LogP contribution is -2.44. The highest BCUT2D eigenvalue weighted by molar-refractivity contribution is 5.75. The molecular weight excluding hydrogens is 304 g/mol. The van der Waals surface area contributed by atoms with Gasteiger partial charge in [-0.15, -0.1) is 0 Å². The normalized spacial score (nSPS) is 21.9. The molecule has 0 aliphatic carbocycles. The zero-order valence-electron chi connectivity index (χ0n) is 14.5. The standard InChI is InChI=1S/C18H28N4O2/c1-21-8-10-22(11-9-21)17-6-4-15(13-19-17)14-20-18(23)7-5-16-3-2-12-24-16/h4,6,13,16H,2-3,5,7-12,14H2,1H3,(H,20,23)/t16-/m1/s1. The van der Waals surface area contributed by atoms with Gasteiger partial charge in [-0.3, -0.25) is 4.79 Å². The molecule has 1 atom stereocenters. The van der Waals surface area contributed by atoms with E-state index in [0.29, 0.717) is 13.0 Å². The summed E-state index contributed by atoms with van der Waals surface area (Å²) >= 11 is 0. The Morgan fingerprint density at radius 1 is 1.33 bits per heavy atom. The highest BCUT2D eigenvalue weighted by atomic mass is 16.5. The molecule has 2 aliphatic heterocycles. The lowest BCUT2D eigenvalue weighted by molar-refractivity contribution is -0.121. The van der Waals surface area contributed by atoms with Crippen LogP contribution in [0.25, 0.3) is 0 Å². The minimum absolute atomic E-state index is 0.0913. The number of carbonyl (C=O) groups excluding carboxylic acids is 1. The molecule has 0 bridgehead atoms. The zero-order valence-corrected chi connectivity index (χ0v) is 14.5. The second-order valence-electron chi connectivity index (χ2n) is 6.77. The number of aromatic nitrogens is 1. The van der Waals surface area contributed by atoms with E-state index in [1.807, 2.05) is 6.20 Å². The summed E-state index contributed by atoms with van der Waals surface area (Å²) in [4.78, 5) is 21.1. The number of rotatable bonds is 6. The number of piperazine rings is 1.